The van der Waals surface area contributed by atoms with Crippen LogP contribution in [0.3, 0.4) is 0 Å². The predicted molar refractivity (Wildman–Crippen MR) is 58.3 cm³/mol. The topological polar surface area (TPSA) is 61.3 Å². The maximum absolute atomic E-state index is 5.50. The van der Waals surface area contributed by atoms with Gasteiger partial charge in [-0.15, -0.1) is 0 Å². The summed E-state index contributed by atoms with van der Waals surface area (Å²) in [5.41, 5.74) is 8.96. The highest BCUT2D eigenvalue weighted by Gasteiger charge is 2.13. The Labute approximate surface area is 93.0 Å². The van der Waals surface area contributed by atoms with Gasteiger partial charge in [-0.3, -0.25) is 0 Å². The lowest BCUT2D eigenvalue weighted by Crippen LogP contribution is -1.94. The third-order valence-corrected chi connectivity index (χ3v) is 2.73. The van der Waals surface area contributed by atoms with E-state index in [-0.39, 0.29) is 0 Å². The fourth-order valence-corrected chi connectivity index (χ4v) is 1.86. The zero-order chi connectivity index (χ0) is 11.0. The minimum Gasteiger partial charge on any atom is -0.439 e. The monoisotopic (exact) mass is 216 g/mol. The molecule has 16 heavy (non-hydrogen) atoms. The summed E-state index contributed by atoms with van der Waals surface area (Å²) in [4.78, 5) is 4.08. The zero-order valence-electron chi connectivity index (χ0n) is 8.77. The first-order chi connectivity index (χ1) is 7.86. The number of benzene rings is 1. The molecule has 0 atom stereocenters. The number of rotatable bonds is 2. The molecule has 3 rings (SSSR count). The molecule has 1 aromatic heterocycles. The van der Waals surface area contributed by atoms with E-state index < -0.39 is 0 Å². The molecule has 1 aliphatic heterocycles. The Kier molecular flexibility index (Phi) is 2.23. The van der Waals surface area contributed by atoms with Crippen molar-refractivity contribution in [3.05, 3.63) is 41.4 Å². The second-order valence-corrected chi connectivity index (χ2v) is 3.80. The van der Waals surface area contributed by atoms with Gasteiger partial charge in [0.25, 0.3) is 0 Å². The van der Waals surface area contributed by atoms with E-state index >= 15 is 0 Å². The summed E-state index contributed by atoms with van der Waals surface area (Å²) < 4.78 is 10.9. The Morgan fingerprint density at radius 1 is 1.25 bits per heavy atom. The molecule has 4 nitrogen and oxygen atoms in total. The third-order valence-electron chi connectivity index (χ3n) is 2.73. The zero-order valence-corrected chi connectivity index (χ0v) is 8.77. The fourth-order valence-electron chi connectivity index (χ4n) is 1.86. The summed E-state index contributed by atoms with van der Waals surface area (Å²) in [5.74, 6) is 1.32. The molecule has 2 N–H and O–H groups in total. The largest absolute Gasteiger partial charge is 0.439 e. The van der Waals surface area contributed by atoms with Crippen LogP contribution in [0.2, 0.25) is 0 Å². The van der Waals surface area contributed by atoms with Crippen molar-refractivity contribution in [2.75, 3.05) is 0 Å². The quantitative estimate of drug-likeness (QED) is 0.831. The molecule has 1 aromatic carbocycles. The molecular weight excluding hydrogens is 204 g/mol. The van der Waals surface area contributed by atoms with Gasteiger partial charge in [0.15, 0.2) is 5.76 Å². The molecule has 1 aliphatic rings. The summed E-state index contributed by atoms with van der Waals surface area (Å²) in [6.45, 7) is 1.72. The summed E-state index contributed by atoms with van der Waals surface area (Å²) in [5, 5.41) is 0. The number of aromatic nitrogens is 1. The van der Waals surface area contributed by atoms with Gasteiger partial charge in [0, 0.05) is 5.56 Å². The Hall–Kier alpha value is -1.65. The summed E-state index contributed by atoms with van der Waals surface area (Å²) in [7, 11) is 0. The number of oxazole rings is 1. The predicted octanol–water partition coefficient (Wildman–Crippen LogP) is 1.83. The van der Waals surface area contributed by atoms with E-state index in [4.69, 9.17) is 14.9 Å². The molecule has 2 aromatic rings. The molecule has 82 valence electrons. The molecule has 0 saturated heterocycles. The van der Waals surface area contributed by atoms with Crippen LogP contribution in [0.15, 0.2) is 28.8 Å². The number of nitrogens with two attached hydrogens (primary N) is 1. The van der Waals surface area contributed by atoms with Crippen molar-refractivity contribution >= 4 is 0 Å². The van der Waals surface area contributed by atoms with E-state index in [9.17, 15) is 0 Å². The van der Waals surface area contributed by atoms with Crippen LogP contribution in [0.4, 0.5) is 0 Å². The maximum atomic E-state index is 5.50. The van der Waals surface area contributed by atoms with Gasteiger partial charge in [-0.2, -0.15) is 0 Å². The van der Waals surface area contributed by atoms with E-state index in [1.54, 1.807) is 6.20 Å². The summed E-state index contributed by atoms with van der Waals surface area (Å²) >= 11 is 0. The highest BCUT2D eigenvalue weighted by Crippen LogP contribution is 2.27. The number of fused-ring (bicyclic) bond motifs is 1. The minimum absolute atomic E-state index is 0.327. The first-order valence-electron chi connectivity index (χ1n) is 5.21. The average molecular weight is 216 g/mol. The van der Waals surface area contributed by atoms with Crippen molar-refractivity contribution in [2.24, 2.45) is 5.73 Å². The Morgan fingerprint density at radius 3 is 2.94 bits per heavy atom. The van der Waals surface area contributed by atoms with Gasteiger partial charge < -0.3 is 14.9 Å². The van der Waals surface area contributed by atoms with Crippen LogP contribution in [-0.4, -0.2) is 4.98 Å². The van der Waals surface area contributed by atoms with Gasteiger partial charge in [0.05, 0.1) is 26.0 Å². The molecule has 4 heteroatoms. The summed E-state index contributed by atoms with van der Waals surface area (Å²) in [6.07, 6.45) is 1.71. The number of hydrogen-bond donors (Lipinski definition) is 1. The maximum Gasteiger partial charge on any atom is 0.208 e. The van der Waals surface area contributed by atoms with Gasteiger partial charge in [-0.25, -0.2) is 4.98 Å². The van der Waals surface area contributed by atoms with Crippen molar-refractivity contribution < 1.29 is 9.15 Å². The third kappa shape index (κ3) is 1.52. The molecule has 0 saturated carbocycles. The van der Waals surface area contributed by atoms with Crippen molar-refractivity contribution in [3.63, 3.8) is 0 Å². The van der Waals surface area contributed by atoms with Crippen molar-refractivity contribution in [2.45, 2.75) is 19.8 Å². The van der Waals surface area contributed by atoms with Crippen molar-refractivity contribution in [1.82, 2.24) is 4.98 Å². The van der Waals surface area contributed by atoms with E-state index in [1.807, 2.05) is 6.07 Å². The van der Waals surface area contributed by atoms with E-state index in [0.29, 0.717) is 25.6 Å². The Bertz CT molecular complexity index is 519. The highest BCUT2D eigenvalue weighted by atomic mass is 16.5. The van der Waals surface area contributed by atoms with Crippen molar-refractivity contribution in [1.29, 1.82) is 0 Å². The van der Waals surface area contributed by atoms with Crippen molar-refractivity contribution in [3.8, 4) is 11.3 Å². The van der Waals surface area contributed by atoms with E-state index in [2.05, 4.69) is 17.1 Å². The van der Waals surface area contributed by atoms with E-state index in [1.165, 1.54) is 11.1 Å². The van der Waals surface area contributed by atoms with Gasteiger partial charge in [0.1, 0.15) is 0 Å². The lowest BCUT2D eigenvalue weighted by Gasteiger charge is -2.00. The SMILES string of the molecule is NCc1ncc(-c2ccc3c(c2)COC3)o1. The van der Waals surface area contributed by atoms with E-state index in [0.717, 1.165) is 11.3 Å². The second kappa shape index (κ2) is 3.73. The van der Waals surface area contributed by atoms with Crippen LogP contribution in [0, 0.1) is 0 Å². The van der Waals surface area contributed by atoms with Crippen LogP contribution >= 0.6 is 0 Å². The fraction of sp³-hybridized carbons (Fsp3) is 0.250. The second-order valence-electron chi connectivity index (χ2n) is 3.80. The van der Waals surface area contributed by atoms with Gasteiger partial charge in [-0.1, -0.05) is 12.1 Å². The van der Waals surface area contributed by atoms with Crippen LogP contribution in [0.5, 0.6) is 0 Å². The number of hydrogen-bond acceptors (Lipinski definition) is 4. The molecule has 0 spiro atoms. The number of ether oxygens (including phenoxy) is 1. The van der Waals surface area contributed by atoms with Crippen LogP contribution < -0.4 is 5.73 Å². The van der Waals surface area contributed by atoms with Gasteiger partial charge >= 0.3 is 0 Å². The van der Waals surface area contributed by atoms with Crippen LogP contribution in [-0.2, 0) is 24.5 Å². The normalized spacial score (nSPS) is 14.1. The van der Waals surface area contributed by atoms with Crippen LogP contribution in [0.1, 0.15) is 17.0 Å². The lowest BCUT2D eigenvalue weighted by molar-refractivity contribution is 0.134. The molecule has 0 aliphatic carbocycles. The molecule has 0 unspecified atom stereocenters. The minimum atomic E-state index is 0.327. The van der Waals surface area contributed by atoms with Crippen LogP contribution in [0.25, 0.3) is 11.3 Å². The lowest BCUT2D eigenvalue weighted by atomic mass is 10.1. The molecule has 2 heterocycles. The Morgan fingerprint density at radius 2 is 2.12 bits per heavy atom. The average Bonchev–Trinajstić information content (AvgIpc) is 2.96. The first-order valence-corrected chi connectivity index (χ1v) is 5.21. The van der Waals surface area contributed by atoms with Gasteiger partial charge in [-0.05, 0) is 17.2 Å². The molecular formula is C12H12N2O2. The first kappa shape index (κ1) is 9.57. The standard InChI is InChI=1S/C12H12N2O2/c13-4-12-14-5-11(16-12)8-1-2-9-6-15-7-10(9)3-8/h1-3,5H,4,6-7,13H2. The van der Waals surface area contributed by atoms with Gasteiger partial charge in [0.2, 0.25) is 5.89 Å². The molecule has 0 radical (unpaired) electrons. The molecule has 0 bridgehead atoms. The molecule has 0 amide bonds. The smallest absolute Gasteiger partial charge is 0.208 e. The molecule has 0 fully saturated rings. The number of nitrogens with zero attached hydrogens (tertiary/aromatic N) is 1. The Balaban J connectivity index is 2.00. The summed E-state index contributed by atoms with van der Waals surface area (Å²) in [6, 6.07) is 6.18. The highest BCUT2D eigenvalue weighted by molar-refractivity contribution is 5.59.